The molecule has 1 N–H and O–H groups in total. The van der Waals surface area contributed by atoms with Crippen molar-refractivity contribution >= 4 is 11.9 Å². The maximum Gasteiger partial charge on any atom is 0.419 e. The van der Waals surface area contributed by atoms with Gasteiger partial charge in [0, 0.05) is 30.2 Å². The SMILES string of the molecule is CCOc1ccc(C)nc1C(=O)N1C2CC3C(CC2Nc2ncc(C(F)(F)F)cn2)C31. The Morgan fingerprint density at radius 1 is 1.23 bits per heavy atom. The van der Waals surface area contributed by atoms with E-state index in [0.717, 1.165) is 30.9 Å². The van der Waals surface area contributed by atoms with Crippen molar-refractivity contribution in [3.63, 3.8) is 0 Å². The third kappa shape index (κ3) is 3.37. The number of anilines is 1. The van der Waals surface area contributed by atoms with Crippen LogP contribution < -0.4 is 10.1 Å². The predicted molar refractivity (Wildman–Crippen MR) is 105 cm³/mol. The standard InChI is InChI=1S/C21H22F3N5O2/c1-3-31-16-5-4-10(2)27-17(16)19(30)29-15-7-13-12(18(13)29)6-14(15)28-20-25-8-11(9-26-20)21(22,23)24/h4-5,8-9,12-15,18H,3,6-7H2,1-2H3,(H,25,26,28). The van der Waals surface area contributed by atoms with Crippen LogP contribution in [0.2, 0.25) is 0 Å². The first-order valence-electron chi connectivity index (χ1n) is 10.4. The molecule has 2 saturated heterocycles. The molecule has 2 aromatic heterocycles. The summed E-state index contributed by atoms with van der Waals surface area (Å²) in [6.45, 7) is 4.11. The Balaban J connectivity index is 1.37. The minimum atomic E-state index is -4.48. The molecule has 7 nitrogen and oxygen atoms in total. The van der Waals surface area contributed by atoms with Crippen LogP contribution in [0.5, 0.6) is 5.75 Å². The summed E-state index contributed by atoms with van der Waals surface area (Å²) >= 11 is 0. The molecule has 5 atom stereocenters. The molecule has 2 aromatic rings. The van der Waals surface area contributed by atoms with Gasteiger partial charge in [0.15, 0.2) is 11.4 Å². The van der Waals surface area contributed by atoms with Crippen LogP contribution in [0.15, 0.2) is 24.5 Å². The number of rotatable bonds is 5. The zero-order valence-corrected chi connectivity index (χ0v) is 17.1. The number of pyridine rings is 1. The summed E-state index contributed by atoms with van der Waals surface area (Å²) in [5.74, 6) is 1.29. The van der Waals surface area contributed by atoms with Gasteiger partial charge in [0.05, 0.1) is 18.2 Å². The Kier molecular flexibility index (Phi) is 4.56. The predicted octanol–water partition coefficient (Wildman–Crippen LogP) is 3.31. The molecule has 4 bridgehead atoms. The van der Waals surface area contributed by atoms with Crippen LogP contribution in [-0.4, -0.2) is 50.5 Å². The lowest BCUT2D eigenvalue weighted by Gasteiger charge is -2.40. The van der Waals surface area contributed by atoms with Crippen LogP contribution >= 0.6 is 0 Å². The van der Waals surface area contributed by atoms with E-state index < -0.39 is 11.7 Å². The Morgan fingerprint density at radius 2 is 1.94 bits per heavy atom. The number of aryl methyl sites for hydroxylation is 1. The molecule has 0 spiro atoms. The molecule has 4 aliphatic rings. The number of fused-ring (bicyclic) bond motifs is 1. The summed E-state index contributed by atoms with van der Waals surface area (Å²) in [5.41, 5.74) is 0.152. The quantitative estimate of drug-likeness (QED) is 0.779. The molecule has 164 valence electrons. The van der Waals surface area contributed by atoms with Gasteiger partial charge in [-0.05, 0) is 50.7 Å². The van der Waals surface area contributed by atoms with Gasteiger partial charge in [-0.15, -0.1) is 0 Å². The number of carbonyl (C=O) groups excluding carboxylic acids is 1. The van der Waals surface area contributed by atoms with Gasteiger partial charge in [-0.3, -0.25) is 4.79 Å². The van der Waals surface area contributed by atoms with Crippen molar-refractivity contribution in [2.24, 2.45) is 11.8 Å². The molecule has 4 fully saturated rings. The highest BCUT2D eigenvalue weighted by atomic mass is 19.4. The maximum atomic E-state index is 13.5. The van der Waals surface area contributed by atoms with Crippen molar-refractivity contribution in [2.75, 3.05) is 11.9 Å². The van der Waals surface area contributed by atoms with Crippen molar-refractivity contribution in [3.8, 4) is 5.75 Å². The molecule has 1 amide bonds. The average Bonchev–Trinajstić information content (AvgIpc) is 3.29. The van der Waals surface area contributed by atoms with Crippen molar-refractivity contribution < 1.29 is 22.7 Å². The molecule has 6 rings (SSSR count). The van der Waals surface area contributed by atoms with Crippen LogP contribution in [0.25, 0.3) is 0 Å². The van der Waals surface area contributed by atoms with Gasteiger partial charge in [-0.1, -0.05) is 0 Å². The summed E-state index contributed by atoms with van der Waals surface area (Å²) < 4.78 is 43.9. The van der Waals surface area contributed by atoms with Gasteiger partial charge >= 0.3 is 6.18 Å². The first-order valence-corrected chi connectivity index (χ1v) is 10.4. The van der Waals surface area contributed by atoms with Crippen LogP contribution in [0, 0.1) is 18.8 Å². The number of piperidine rings is 2. The number of carbonyl (C=O) groups is 1. The molecule has 2 aliphatic carbocycles. The lowest BCUT2D eigenvalue weighted by molar-refractivity contribution is -0.138. The molecule has 5 unspecified atom stereocenters. The zero-order valence-electron chi connectivity index (χ0n) is 17.1. The largest absolute Gasteiger partial charge is 0.491 e. The van der Waals surface area contributed by atoms with Gasteiger partial charge < -0.3 is 15.0 Å². The first kappa shape index (κ1) is 20.0. The summed E-state index contributed by atoms with van der Waals surface area (Å²) in [7, 11) is 0. The number of alkyl halides is 3. The van der Waals surface area contributed by atoms with E-state index in [1.807, 2.05) is 24.8 Å². The van der Waals surface area contributed by atoms with Crippen LogP contribution in [-0.2, 0) is 6.18 Å². The van der Waals surface area contributed by atoms with Gasteiger partial charge in [0.25, 0.3) is 5.91 Å². The number of aromatic nitrogens is 3. The average molecular weight is 433 g/mol. The van der Waals surface area contributed by atoms with Gasteiger partial charge in [0.2, 0.25) is 5.95 Å². The number of hydrogen-bond acceptors (Lipinski definition) is 6. The normalized spacial score (nSPS) is 28.4. The molecule has 2 saturated carbocycles. The van der Waals surface area contributed by atoms with E-state index in [9.17, 15) is 18.0 Å². The fourth-order valence-corrected chi connectivity index (χ4v) is 5.14. The summed E-state index contributed by atoms with van der Waals surface area (Å²) in [4.78, 5) is 27.5. The monoisotopic (exact) mass is 433 g/mol. The Hall–Kier alpha value is -2.91. The Labute approximate surface area is 177 Å². The van der Waals surface area contributed by atoms with E-state index >= 15 is 0 Å². The number of nitrogens with zero attached hydrogens (tertiary/aromatic N) is 4. The fraction of sp³-hybridized carbons (Fsp3) is 0.524. The lowest BCUT2D eigenvalue weighted by atomic mass is 9.88. The van der Waals surface area contributed by atoms with E-state index in [0.29, 0.717) is 29.9 Å². The van der Waals surface area contributed by atoms with Crippen molar-refractivity contribution in [1.29, 1.82) is 0 Å². The van der Waals surface area contributed by atoms with Gasteiger partial charge in [0.1, 0.15) is 0 Å². The summed E-state index contributed by atoms with van der Waals surface area (Å²) in [6, 6.07) is 3.56. The van der Waals surface area contributed by atoms with Crippen molar-refractivity contribution in [3.05, 3.63) is 41.5 Å². The summed E-state index contributed by atoms with van der Waals surface area (Å²) in [6.07, 6.45) is -1.23. The second-order valence-corrected chi connectivity index (χ2v) is 8.35. The fourth-order valence-electron chi connectivity index (χ4n) is 5.14. The third-order valence-corrected chi connectivity index (χ3v) is 6.50. The van der Waals surface area contributed by atoms with Gasteiger partial charge in [-0.2, -0.15) is 13.2 Å². The van der Waals surface area contributed by atoms with Crippen LogP contribution in [0.1, 0.15) is 41.5 Å². The minimum Gasteiger partial charge on any atom is -0.491 e. The second-order valence-electron chi connectivity index (χ2n) is 8.35. The maximum absolute atomic E-state index is 13.5. The Morgan fingerprint density at radius 3 is 2.58 bits per heavy atom. The van der Waals surface area contributed by atoms with E-state index in [4.69, 9.17) is 4.74 Å². The minimum absolute atomic E-state index is 0.0878. The van der Waals surface area contributed by atoms with E-state index in [1.165, 1.54) is 0 Å². The molecular formula is C21H22F3N5O2. The molecule has 0 radical (unpaired) electrons. The lowest BCUT2D eigenvalue weighted by Crippen LogP contribution is -2.53. The van der Waals surface area contributed by atoms with Crippen LogP contribution in [0.4, 0.5) is 19.1 Å². The van der Waals surface area contributed by atoms with Gasteiger partial charge in [-0.25, -0.2) is 15.0 Å². The second kappa shape index (κ2) is 7.06. The topological polar surface area (TPSA) is 80.2 Å². The van der Waals surface area contributed by atoms with E-state index in [1.54, 1.807) is 6.07 Å². The molecule has 10 heteroatoms. The smallest absolute Gasteiger partial charge is 0.419 e. The first-order chi connectivity index (χ1) is 14.8. The zero-order chi connectivity index (χ0) is 21.9. The summed E-state index contributed by atoms with van der Waals surface area (Å²) in [5, 5.41) is 3.16. The van der Waals surface area contributed by atoms with Crippen molar-refractivity contribution in [1.82, 2.24) is 19.9 Å². The molecule has 31 heavy (non-hydrogen) atoms. The Bertz CT molecular complexity index is 1010. The molecule has 2 aliphatic heterocycles. The van der Waals surface area contributed by atoms with E-state index in [2.05, 4.69) is 20.3 Å². The highest BCUT2D eigenvalue weighted by Crippen LogP contribution is 2.61. The highest BCUT2D eigenvalue weighted by Gasteiger charge is 2.68. The third-order valence-electron chi connectivity index (χ3n) is 6.50. The van der Waals surface area contributed by atoms with Crippen molar-refractivity contribution in [2.45, 2.75) is 51.0 Å². The number of amides is 1. The molecular weight excluding hydrogens is 411 g/mol. The molecule has 4 heterocycles. The van der Waals surface area contributed by atoms with Crippen LogP contribution in [0.3, 0.4) is 0 Å². The number of nitrogens with one attached hydrogen (secondary N) is 1. The highest BCUT2D eigenvalue weighted by molar-refractivity contribution is 5.96. The molecule has 0 aromatic carbocycles. The number of hydrogen-bond donors (Lipinski definition) is 1. The number of ether oxygens (including phenoxy) is 1. The number of halogens is 3. The van der Waals surface area contributed by atoms with E-state index in [-0.39, 0.29) is 30.0 Å².